The summed E-state index contributed by atoms with van der Waals surface area (Å²) in [5.74, 6) is -2.61. The molecule has 2 aliphatic rings. The van der Waals surface area contributed by atoms with E-state index < -0.39 is 47.6 Å². The minimum absolute atomic E-state index is 0. The third-order valence-corrected chi connectivity index (χ3v) is 7.78. The number of carbonyl (C=O) groups excluding carboxylic acids is 4. The van der Waals surface area contributed by atoms with Gasteiger partial charge in [-0.15, -0.1) is 6.67 Å². The number of hydrogen-bond donors (Lipinski definition) is 0. The Morgan fingerprint density at radius 3 is 1.59 bits per heavy atom. The molecule has 0 saturated carbocycles. The number of anilines is 2. The molecule has 0 spiro atoms. The molecular weight excluding hydrogens is 793 g/mol. The summed E-state index contributed by atoms with van der Waals surface area (Å²) in [7, 11) is 0. The number of nitrogens with zero attached hydrogens (tertiary/aromatic N) is 2. The van der Waals surface area contributed by atoms with Crippen molar-refractivity contribution < 1.29 is 60.5 Å². The van der Waals surface area contributed by atoms with Crippen molar-refractivity contribution in [1.29, 1.82) is 0 Å². The first-order valence-corrected chi connectivity index (χ1v) is 15.2. The van der Waals surface area contributed by atoms with Crippen molar-refractivity contribution in [3.8, 4) is 0 Å². The van der Waals surface area contributed by atoms with Gasteiger partial charge < -0.3 is 46.2 Å². The van der Waals surface area contributed by atoms with Crippen LogP contribution in [-0.4, -0.2) is 54.0 Å². The molecule has 4 rings (SSSR count). The summed E-state index contributed by atoms with van der Waals surface area (Å²) in [6.45, 7) is 15.6. The zero-order valence-electron chi connectivity index (χ0n) is 27.4. The van der Waals surface area contributed by atoms with E-state index in [-0.39, 0.29) is 41.2 Å². The van der Waals surface area contributed by atoms with Crippen molar-refractivity contribution in [1.82, 2.24) is 0 Å². The molecule has 0 aliphatic carbocycles. The van der Waals surface area contributed by atoms with Crippen LogP contribution in [0.1, 0.15) is 56.4 Å². The Morgan fingerprint density at radius 2 is 1.20 bits per heavy atom. The van der Waals surface area contributed by atoms with E-state index in [9.17, 15) is 19.2 Å². The summed E-state index contributed by atoms with van der Waals surface area (Å²) in [5, 5.41) is 0. The Bertz CT molecular complexity index is 1330. The molecule has 0 N–H and O–H groups in total. The normalized spacial score (nSPS) is 21.8. The third kappa shape index (κ3) is 10.5. The van der Waals surface area contributed by atoms with Crippen LogP contribution in [0.15, 0.2) is 48.8 Å². The first-order chi connectivity index (χ1) is 21.2. The van der Waals surface area contributed by atoms with Crippen molar-refractivity contribution in [3.05, 3.63) is 77.7 Å². The van der Waals surface area contributed by atoms with E-state index in [2.05, 4.69) is 93.0 Å². The molecule has 1 saturated heterocycles. The summed E-state index contributed by atoms with van der Waals surface area (Å²) in [6.07, 6.45) is 1.51. The van der Waals surface area contributed by atoms with Crippen LogP contribution in [0, 0.1) is 40.3 Å². The standard InChI is InChI=1S/C19H21N2.C15H22O8S.Au/c1-14-7-5-8-15(2)18(14)20-11-12-21(13-20)19-16(3)9-6-10-17(19)4;1-7(16)5-11-13(21-9(3)18)12(6-20-8(2)17)23-15(24)14(11)22-10(4)19;/h5-13H,1-4H3;11-15,24H,5-6H2,1-4H3;/q-1;;/p-1. The average Bonchev–Trinajstić information content (AvgIpc) is 3.40. The maximum atomic E-state index is 11.6. The van der Waals surface area contributed by atoms with Gasteiger partial charge in [0.05, 0.1) is 0 Å². The van der Waals surface area contributed by atoms with Gasteiger partial charge in [-0.1, -0.05) is 36.4 Å². The molecule has 1 fully saturated rings. The Labute approximate surface area is 292 Å². The molecule has 46 heavy (non-hydrogen) atoms. The number of carbonyl (C=O) groups is 4. The SMILES string of the molecule is CC(=O)CC1C(OC(C)=O)C([S-])OC(COC(C)=O)C1OC(C)=O.Cc1cccc(C)c1N1C=CN(c2c(C)cccc2C)[CH-]1.[Au]. The molecule has 0 bridgehead atoms. The summed E-state index contributed by atoms with van der Waals surface area (Å²) >= 11 is 5.19. The zero-order chi connectivity index (χ0) is 33.4. The summed E-state index contributed by atoms with van der Waals surface area (Å²) in [6, 6.07) is 12.9. The Balaban J connectivity index is 0.000000315. The molecule has 2 aromatic carbocycles. The predicted octanol–water partition coefficient (Wildman–Crippen LogP) is 5.11. The molecule has 1 radical (unpaired) electrons. The fourth-order valence-electron chi connectivity index (χ4n) is 5.62. The number of benzene rings is 2. The van der Waals surface area contributed by atoms with Gasteiger partial charge in [-0.3, -0.25) is 14.4 Å². The summed E-state index contributed by atoms with van der Waals surface area (Å²) < 4.78 is 20.9. The van der Waals surface area contributed by atoms with Gasteiger partial charge in [-0.05, 0) is 74.7 Å². The Kier molecular flexibility index (Phi) is 15.1. The van der Waals surface area contributed by atoms with Gasteiger partial charge in [0.15, 0.2) is 0 Å². The number of para-hydroxylation sites is 2. The monoisotopic (exact) mass is 835 g/mol. The topological polar surface area (TPSA) is 112 Å². The van der Waals surface area contributed by atoms with Crippen LogP contribution in [-0.2, 0) is 73.1 Å². The second kappa shape index (κ2) is 17.7. The quantitative estimate of drug-likeness (QED) is 0.116. The van der Waals surface area contributed by atoms with Gasteiger partial charge >= 0.3 is 17.9 Å². The molecule has 0 amide bonds. The maximum absolute atomic E-state index is 11.6. The van der Waals surface area contributed by atoms with Crippen LogP contribution >= 0.6 is 0 Å². The molecule has 12 heteroatoms. The molecule has 255 valence electrons. The first kappa shape index (κ1) is 39.1. The molecule has 5 atom stereocenters. The van der Waals surface area contributed by atoms with Gasteiger partial charge in [-0.2, -0.15) is 0 Å². The molecular formula is C34H42AuN2O8S-2. The van der Waals surface area contributed by atoms with Gasteiger partial charge in [0.2, 0.25) is 0 Å². The second-order valence-electron chi connectivity index (χ2n) is 11.3. The van der Waals surface area contributed by atoms with Gasteiger partial charge in [0, 0.05) is 66.9 Å². The van der Waals surface area contributed by atoms with Gasteiger partial charge in [0.1, 0.15) is 30.7 Å². The van der Waals surface area contributed by atoms with E-state index in [1.54, 1.807) is 0 Å². The van der Waals surface area contributed by atoms with Crippen LogP contribution in [0.3, 0.4) is 0 Å². The summed E-state index contributed by atoms with van der Waals surface area (Å²) in [5.41, 5.74) is 6.73. The van der Waals surface area contributed by atoms with Crippen molar-refractivity contribution in [2.24, 2.45) is 5.92 Å². The van der Waals surface area contributed by atoms with Gasteiger partial charge in [-0.25, -0.2) is 0 Å². The Hall–Kier alpha value is -3.09. The number of ketones is 1. The van der Waals surface area contributed by atoms with E-state index in [0.29, 0.717) is 0 Å². The van der Waals surface area contributed by atoms with E-state index >= 15 is 0 Å². The van der Waals surface area contributed by atoms with E-state index in [1.165, 1.54) is 61.3 Å². The Morgan fingerprint density at radius 1 is 0.761 bits per heavy atom. The van der Waals surface area contributed by atoms with E-state index in [4.69, 9.17) is 31.6 Å². The number of hydrogen-bond acceptors (Lipinski definition) is 11. The van der Waals surface area contributed by atoms with E-state index in [1.807, 2.05) is 0 Å². The fourth-order valence-corrected chi connectivity index (χ4v) is 6.02. The van der Waals surface area contributed by atoms with Crippen LogP contribution in [0.2, 0.25) is 0 Å². The predicted molar refractivity (Wildman–Crippen MR) is 173 cm³/mol. The van der Waals surface area contributed by atoms with Crippen LogP contribution in [0.4, 0.5) is 11.4 Å². The second-order valence-corrected chi connectivity index (χ2v) is 11.7. The number of ether oxygens (including phenoxy) is 4. The minimum atomic E-state index is -0.967. The van der Waals surface area contributed by atoms with Crippen molar-refractivity contribution in [2.45, 2.75) is 85.6 Å². The zero-order valence-corrected chi connectivity index (χ0v) is 30.4. The molecule has 2 aliphatic heterocycles. The number of rotatable bonds is 8. The van der Waals surface area contributed by atoms with Crippen LogP contribution < -0.4 is 9.80 Å². The third-order valence-electron chi connectivity index (χ3n) is 7.40. The number of Topliss-reactive ketones (excluding diaryl/α,β-unsaturated/α-hetero) is 1. The molecule has 2 heterocycles. The summed E-state index contributed by atoms with van der Waals surface area (Å²) in [4.78, 5) is 49.8. The fraction of sp³-hybridized carbons (Fsp3) is 0.441. The first-order valence-electron chi connectivity index (χ1n) is 14.7. The van der Waals surface area contributed by atoms with Crippen molar-refractivity contribution >= 4 is 47.7 Å². The van der Waals surface area contributed by atoms with Crippen LogP contribution in [0.25, 0.3) is 0 Å². The minimum Gasteiger partial charge on any atom is -0.758 e. The number of aryl methyl sites for hydroxylation is 4. The average molecular weight is 836 g/mol. The maximum Gasteiger partial charge on any atom is 0.303 e. The van der Waals surface area contributed by atoms with Crippen molar-refractivity contribution in [3.63, 3.8) is 0 Å². The molecule has 2 aromatic rings. The largest absolute Gasteiger partial charge is 0.758 e. The van der Waals surface area contributed by atoms with Gasteiger partial charge in [0.25, 0.3) is 0 Å². The molecule has 0 aromatic heterocycles. The molecule has 10 nitrogen and oxygen atoms in total. The van der Waals surface area contributed by atoms with E-state index in [0.717, 1.165) is 0 Å². The number of esters is 3. The van der Waals surface area contributed by atoms with Crippen LogP contribution in [0.5, 0.6) is 0 Å². The smallest absolute Gasteiger partial charge is 0.303 e. The molecule has 5 unspecified atom stereocenters. The van der Waals surface area contributed by atoms with Crippen molar-refractivity contribution in [2.75, 3.05) is 16.4 Å².